The van der Waals surface area contributed by atoms with Crippen molar-refractivity contribution in [3.05, 3.63) is 29.3 Å². The maximum atomic E-state index is 13.0. The van der Waals surface area contributed by atoms with Crippen molar-refractivity contribution in [2.75, 3.05) is 25.0 Å². The molecule has 2 rings (SSSR count). The van der Waals surface area contributed by atoms with Crippen LogP contribution in [0.1, 0.15) is 44.7 Å². The summed E-state index contributed by atoms with van der Waals surface area (Å²) in [4.78, 5) is 13.0. The first-order valence-corrected chi connectivity index (χ1v) is 8.08. The second kappa shape index (κ2) is 5.80. The van der Waals surface area contributed by atoms with Crippen LogP contribution in [0.4, 0.5) is 5.69 Å². The van der Waals surface area contributed by atoms with E-state index in [9.17, 15) is 4.79 Å². The highest BCUT2D eigenvalue weighted by atomic mass is 16.2. The normalized spacial score (nSPS) is 17.8. The highest BCUT2D eigenvalue weighted by molar-refractivity contribution is 5.97. The Labute approximate surface area is 128 Å². The molecule has 0 bridgehead atoms. The summed E-state index contributed by atoms with van der Waals surface area (Å²) in [5, 5.41) is 3.20. The summed E-state index contributed by atoms with van der Waals surface area (Å²) in [7, 11) is 0. The van der Waals surface area contributed by atoms with Gasteiger partial charge in [0.15, 0.2) is 5.54 Å². The van der Waals surface area contributed by atoms with Crippen LogP contribution >= 0.6 is 0 Å². The van der Waals surface area contributed by atoms with E-state index in [0.29, 0.717) is 0 Å². The molecule has 1 N–H and O–H groups in total. The summed E-state index contributed by atoms with van der Waals surface area (Å²) >= 11 is 0. The van der Waals surface area contributed by atoms with Gasteiger partial charge in [-0.15, -0.1) is 0 Å². The summed E-state index contributed by atoms with van der Waals surface area (Å²) in [5.41, 5.74) is 2.84. The lowest BCUT2D eigenvalue weighted by atomic mass is 9.97. The zero-order chi connectivity index (χ0) is 15.7. The zero-order valence-corrected chi connectivity index (χ0v) is 14.1. The highest BCUT2D eigenvalue weighted by Crippen LogP contribution is 2.33. The second-order valence-electron chi connectivity index (χ2n) is 6.90. The predicted molar refractivity (Wildman–Crippen MR) is 88.4 cm³/mol. The van der Waals surface area contributed by atoms with E-state index in [1.165, 1.54) is 12.8 Å². The van der Waals surface area contributed by atoms with E-state index < -0.39 is 0 Å². The number of carbonyl (C=O) groups is 1. The number of carbonyl (C=O) groups excluding carboxylic acids is 1. The molecule has 1 heterocycles. The molecule has 1 aliphatic heterocycles. The fourth-order valence-corrected chi connectivity index (χ4v) is 3.70. The molecule has 0 unspecified atom stereocenters. The molecule has 0 radical (unpaired) electrons. The number of likely N-dealkylation sites (N-methyl/N-ethyl adjacent to an activating group) is 1. The van der Waals surface area contributed by atoms with Crippen molar-refractivity contribution in [3.8, 4) is 0 Å². The molecule has 1 aromatic carbocycles. The average molecular weight is 289 g/mol. The Morgan fingerprint density at radius 1 is 1.19 bits per heavy atom. The van der Waals surface area contributed by atoms with Crippen molar-refractivity contribution in [3.63, 3.8) is 0 Å². The molecule has 1 saturated heterocycles. The smallest absolute Gasteiger partial charge is 0.285 e. The van der Waals surface area contributed by atoms with E-state index in [1.54, 1.807) is 0 Å². The Kier molecular flexibility index (Phi) is 4.43. The Hall–Kier alpha value is -1.35. The lowest BCUT2D eigenvalue weighted by Gasteiger charge is -2.45. The van der Waals surface area contributed by atoms with Crippen LogP contribution in [-0.2, 0) is 4.79 Å². The van der Waals surface area contributed by atoms with Crippen molar-refractivity contribution in [2.24, 2.45) is 0 Å². The molecule has 0 saturated carbocycles. The van der Waals surface area contributed by atoms with Crippen molar-refractivity contribution < 1.29 is 9.28 Å². The predicted octanol–water partition coefficient (Wildman–Crippen LogP) is 3.65. The number of para-hydroxylation sites is 1. The van der Waals surface area contributed by atoms with Gasteiger partial charge in [0, 0.05) is 18.5 Å². The van der Waals surface area contributed by atoms with E-state index in [1.807, 2.05) is 6.07 Å². The lowest BCUT2D eigenvalue weighted by Crippen LogP contribution is -2.65. The molecule has 116 valence electrons. The fraction of sp³-hybridized carbons (Fsp3) is 0.611. The number of amides is 1. The number of aryl methyl sites for hydroxylation is 2. The second-order valence-corrected chi connectivity index (χ2v) is 6.90. The molecule has 1 amide bonds. The number of benzene rings is 1. The van der Waals surface area contributed by atoms with Crippen LogP contribution < -0.4 is 5.32 Å². The van der Waals surface area contributed by atoms with Crippen LogP contribution in [0.5, 0.6) is 0 Å². The molecule has 1 aliphatic rings. The Bertz CT molecular complexity index is 508. The summed E-state index contributed by atoms with van der Waals surface area (Å²) in [6.45, 7) is 13.8. The Balaban J connectivity index is 2.26. The first-order valence-electron chi connectivity index (χ1n) is 8.08. The summed E-state index contributed by atoms with van der Waals surface area (Å²) in [6.07, 6.45) is 2.46. The Morgan fingerprint density at radius 3 is 2.19 bits per heavy atom. The van der Waals surface area contributed by atoms with Crippen LogP contribution in [0.2, 0.25) is 0 Å². The molecule has 0 atom stereocenters. The highest BCUT2D eigenvalue weighted by Gasteiger charge is 2.49. The van der Waals surface area contributed by atoms with Gasteiger partial charge in [-0.05, 0) is 45.7 Å². The maximum Gasteiger partial charge on any atom is 0.285 e. The van der Waals surface area contributed by atoms with Crippen molar-refractivity contribution in [2.45, 2.75) is 53.0 Å². The fourth-order valence-electron chi connectivity index (χ4n) is 3.70. The number of anilines is 1. The molecule has 3 nitrogen and oxygen atoms in total. The SMILES string of the molecule is CC[N+]1(C(C)(C)C(=O)Nc2c(C)cccc2C)CCCC1. The van der Waals surface area contributed by atoms with E-state index in [4.69, 9.17) is 0 Å². The van der Waals surface area contributed by atoms with Crippen LogP contribution in [0.25, 0.3) is 0 Å². The van der Waals surface area contributed by atoms with Gasteiger partial charge in [0.1, 0.15) is 0 Å². The van der Waals surface area contributed by atoms with E-state index >= 15 is 0 Å². The standard InChI is InChI=1S/C18H28N2O/c1-6-20(12-7-8-13-20)18(4,5)17(21)19-16-14(2)10-9-11-15(16)3/h9-11H,6-8,12-13H2,1-5H3/p+1. The minimum absolute atomic E-state index is 0.142. The molecule has 0 spiro atoms. The number of nitrogens with one attached hydrogen (secondary N) is 1. The van der Waals surface area contributed by atoms with Gasteiger partial charge in [0.05, 0.1) is 19.6 Å². The first kappa shape index (κ1) is 16.0. The lowest BCUT2D eigenvalue weighted by molar-refractivity contribution is -0.950. The topological polar surface area (TPSA) is 29.1 Å². The van der Waals surface area contributed by atoms with Gasteiger partial charge in [0.2, 0.25) is 0 Å². The quantitative estimate of drug-likeness (QED) is 0.842. The Morgan fingerprint density at radius 2 is 1.71 bits per heavy atom. The monoisotopic (exact) mass is 289 g/mol. The third-order valence-electron chi connectivity index (χ3n) is 5.49. The van der Waals surface area contributed by atoms with Gasteiger partial charge in [-0.25, -0.2) is 0 Å². The molecule has 1 fully saturated rings. The number of hydrogen-bond donors (Lipinski definition) is 1. The van der Waals surface area contributed by atoms with Gasteiger partial charge < -0.3 is 9.80 Å². The molecule has 0 aliphatic carbocycles. The van der Waals surface area contributed by atoms with Crippen molar-refractivity contribution in [1.29, 1.82) is 0 Å². The van der Waals surface area contributed by atoms with E-state index in [0.717, 1.165) is 40.9 Å². The van der Waals surface area contributed by atoms with Crippen LogP contribution in [0.3, 0.4) is 0 Å². The van der Waals surface area contributed by atoms with Crippen LogP contribution in [0.15, 0.2) is 18.2 Å². The first-order chi connectivity index (χ1) is 9.84. The molecule has 3 heteroatoms. The third-order valence-corrected chi connectivity index (χ3v) is 5.49. The maximum absolute atomic E-state index is 13.0. The minimum atomic E-state index is -0.389. The number of hydrogen-bond acceptors (Lipinski definition) is 1. The molecule has 0 aromatic heterocycles. The summed E-state index contributed by atoms with van der Waals surface area (Å²) in [5.74, 6) is 0.142. The molecular weight excluding hydrogens is 260 g/mol. The minimum Gasteiger partial charge on any atom is -0.320 e. The summed E-state index contributed by atoms with van der Waals surface area (Å²) < 4.78 is 0.907. The van der Waals surface area contributed by atoms with Gasteiger partial charge >= 0.3 is 0 Å². The van der Waals surface area contributed by atoms with Gasteiger partial charge in [0.25, 0.3) is 5.91 Å². The largest absolute Gasteiger partial charge is 0.320 e. The van der Waals surface area contributed by atoms with Gasteiger partial charge in [-0.1, -0.05) is 18.2 Å². The average Bonchev–Trinajstić information content (AvgIpc) is 2.93. The van der Waals surface area contributed by atoms with Crippen LogP contribution in [0, 0.1) is 13.8 Å². The molecule has 21 heavy (non-hydrogen) atoms. The van der Waals surface area contributed by atoms with Crippen molar-refractivity contribution in [1.82, 2.24) is 0 Å². The third kappa shape index (κ3) is 2.71. The van der Waals surface area contributed by atoms with Crippen molar-refractivity contribution >= 4 is 11.6 Å². The number of nitrogens with zero attached hydrogens (tertiary/aromatic N) is 1. The summed E-state index contributed by atoms with van der Waals surface area (Å²) in [6, 6.07) is 6.14. The van der Waals surface area contributed by atoms with E-state index in [2.05, 4.69) is 52.1 Å². The number of quaternary nitrogens is 1. The van der Waals surface area contributed by atoms with Gasteiger partial charge in [-0.3, -0.25) is 4.79 Å². The van der Waals surface area contributed by atoms with Crippen LogP contribution in [-0.4, -0.2) is 35.6 Å². The zero-order valence-electron chi connectivity index (χ0n) is 14.1. The van der Waals surface area contributed by atoms with E-state index in [-0.39, 0.29) is 11.4 Å². The molecule has 1 aromatic rings. The molecular formula is C18H29N2O+. The number of rotatable bonds is 4. The number of likely N-dealkylation sites (tertiary alicyclic amines) is 1. The van der Waals surface area contributed by atoms with Gasteiger partial charge in [-0.2, -0.15) is 0 Å².